The Morgan fingerprint density at radius 3 is 2.95 bits per heavy atom. The summed E-state index contributed by atoms with van der Waals surface area (Å²) < 4.78 is 6.86. The highest BCUT2D eigenvalue weighted by molar-refractivity contribution is 6.12. The van der Waals surface area contributed by atoms with Crippen LogP contribution in [0.2, 0.25) is 0 Å². The Morgan fingerprint density at radius 2 is 2.26 bits per heavy atom. The van der Waals surface area contributed by atoms with Gasteiger partial charge in [0, 0.05) is 24.0 Å². The van der Waals surface area contributed by atoms with Crippen LogP contribution in [0.4, 0.5) is 5.69 Å². The molecule has 0 saturated heterocycles. The largest absolute Gasteiger partial charge is 0.497 e. The third-order valence-electron chi connectivity index (χ3n) is 2.85. The fourth-order valence-corrected chi connectivity index (χ4v) is 1.85. The molecule has 0 aliphatic rings. The number of carbonyl (C=O) groups is 1. The van der Waals surface area contributed by atoms with Crippen molar-refractivity contribution in [2.24, 2.45) is 0 Å². The van der Waals surface area contributed by atoms with Gasteiger partial charge in [0.05, 0.1) is 18.9 Å². The van der Waals surface area contributed by atoms with E-state index in [1.807, 2.05) is 0 Å². The van der Waals surface area contributed by atoms with E-state index in [1.165, 1.54) is 0 Å². The summed E-state index contributed by atoms with van der Waals surface area (Å²) in [5, 5.41) is 4.15. The Labute approximate surface area is 112 Å². The topological polar surface area (TPSA) is 70.1 Å². The second-order valence-corrected chi connectivity index (χ2v) is 4.27. The Kier molecular flexibility index (Phi) is 3.85. The molecular weight excluding hydrogens is 242 g/mol. The molecular formula is C14H17N3O2. The van der Waals surface area contributed by atoms with Gasteiger partial charge in [-0.15, -0.1) is 0 Å². The zero-order chi connectivity index (χ0) is 13.8. The van der Waals surface area contributed by atoms with Crippen LogP contribution in [-0.2, 0) is 6.54 Å². The number of ether oxygens (including phenoxy) is 1. The van der Waals surface area contributed by atoms with Crippen LogP contribution in [0.3, 0.4) is 0 Å². The van der Waals surface area contributed by atoms with Gasteiger partial charge in [0.2, 0.25) is 0 Å². The van der Waals surface area contributed by atoms with Gasteiger partial charge in [-0.25, -0.2) is 0 Å². The number of anilines is 1. The van der Waals surface area contributed by atoms with Crippen LogP contribution >= 0.6 is 0 Å². The molecule has 0 spiro atoms. The number of benzene rings is 1. The van der Waals surface area contributed by atoms with Gasteiger partial charge in [0.15, 0.2) is 5.78 Å². The normalized spacial score (nSPS) is 10.4. The second-order valence-electron chi connectivity index (χ2n) is 4.27. The van der Waals surface area contributed by atoms with E-state index >= 15 is 0 Å². The average Bonchev–Trinajstić information content (AvgIpc) is 2.88. The molecule has 19 heavy (non-hydrogen) atoms. The van der Waals surface area contributed by atoms with Crippen molar-refractivity contribution in [3.63, 3.8) is 0 Å². The molecule has 0 aliphatic heterocycles. The summed E-state index contributed by atoms with van der Waals surface area (Å²) in [6, 6.07) is 5.05. The van der Waals surface area contributed by atoms with Crippen molar-refractivity contribution in [1.82, 2.24) is 9.78 Å². The molecule has 0 radical (unpaired) electrons. The predicted octanol–water partition coefficient (Wildman–Crippen LogP) is 2.11. The number of nitrogens with two attached hydrogens (primary N) is 1. The van der Waals surface area contributed by atoms with E-state index < -0.39 is 0 Å². The fraction of sp³-hybridized carbons (Fsp3) is 0.286. The van der Waals surface area contributed by atoms with Gasteiger partial charge >= 0.3 is 0 Å². The molecule has 5 nitrogen and oxygen atoms in total. The van der Waals surface area contributed by atoms with E-state index in [0.29, 0.717) is 22.6 Å². The zero-order valence-electron chi connectivity index (χ0n) is 11.1. The molecule has 0 fully saturated rings. The Morgan fingerprint density at radius 1 is 1.47 bits per heavy atom. The number of ketones is 1. The molecule has 0 saturated carbocycles. The van der Waals surface area contributed by atoms with Crippen LogP contribution in [0.5, 0.6) is 5.75 Å². The molecule has 0 amide bonds. The lowest BCUT2D eigenvalue weighted by Crippen LogP contribution is -2.05. The van der Waals surface area contributed by atoms with E-state index in [0.717, 1.165) is 13.0 Å². The average molecular weight is 259 g/mol. The number of nitrogens with zero attached hydrogens (tertiary/aromatic N) is 2. The van der Waals surface area contributed by atoms with Crippen LogP contribution in [0.15, 0.2) is 30.6 Å². The molecule has 100 valence electrons. The number of aromatic nitrogens is 2. The molecule has 1 aromatic carbocycles. The zero-order valence-corrected chi connectivity index (χ0v) is 11.1. The minimum absolute atomic E-state index is 0.140. The number of hydrogen-bond donors (Lipinski definition) is 1. The van der Waals surface area contributed by atoms with Crippen molar-refractivity contribution >= 4 is 11.5 Å². The Balaban J connectivity index is 2.32. The lowest BCUT2D eigenvalue weighted by Gasteiger charge is -2.06. The van der Waals surface area contributed by atoms with Gasteiger partial charge in [-0.2, -0.15) is 5.10 Å². The summed E-state index contributed by atoms with van der Waals surface area (Å²) >= 11 is 0. The molecule has 0 bridgehead atoms. The number of hydrogen-bond acceptors (Lipinski definition) is 4. The number of nitrogen functional groups attached to an aromatic ring is 1. The van der Waals surface area contributed by atoms with Crippen molar-refractivity contribution in [1.29, 1.82) is 0 Å². The lowest BCUT2D eigenvalue weighted by atomic mass is 10.0. The van der Waals surface area contributed by atoms with E-state index in [-0.39, 0.29) is 5.78 Å². The number of methoxy groups -OCH3 is 1. The minimum atomic E-state index is -0.140. The van der Waals surface area contributed by atoms with Gasteiger partial charge in [0.25, 0.3) is 0 Å². The summed E-state index contributed by atoms with van der Waals surface area (Å²) in [5.74, 6) is 0.470. The molecule has 0 unspecified atom stereocenters. The molecule has 5 heteroatoms. The smallest absolute Gasteiger partial charge is 0.198 e. The first-order valence-corrected chi connectivity index (χ1v) is 6.16. The highest BCUT2D eigenvalue weighted by Gasteiger charge is 2.15. The summed E-state index contributed by atoms with van der Waals surface area (Å²) in [5.41, 5.74) is 7.26. The summed E-state index contributed by atoms with van der Waals surface area (Å²) in [6.45, 7) is 2.85. The molecule has 1 aromatic heterocycles. The van der Waals surface area contributed by atoms with Gasteiger partial charge in [-0.1, -0.05) is 6.92 Å². The maximum Gasteiger partial charge on any atom is 0.198 e. The quantitative estimate of drug-likeness (QED) is 0.659. The van der Waals surface area contributed by atoms with Gasteiger partial charge in [-0.3, -0.25) is 9.48 Å². The fourth-order valence-electron chi connectivity index (χ4n) is 1.85. The predicted molar refractivity (Wildman–Crippen MR) is 73.4 cm³/mol. The van der Waals surface area contributed by atoms with Gasteiger partial charge in [-0.05, 0) is 24.6 Å². The number of carbonyl (C=O) groups excluding carboxylic acids is 1. The van der Waals surface area contributed by atoms with E-state index in [1.54, 1.807) is 42.4 Å². The van der Waals surface area contributed by atoms with E-state index in [9.17, 15) is 4.79 Å². The van der Waals surface area contributed by atoms with Crippen molar-refractivity contribution in [2.45, 2.75) is 19.9 Å². The van der Waals surface area contributed by atoms with Crippen molar-refractivity contribution in [3.8, 4) is 5.75 Å². The summed E-state index contributed by atoms with van der Waals surface area (Å²) in [6.07, 6.45) is 4.28. The standard InChI is InChI=1S/C14H17N3O2/c1-3-6-17-9-10(8-16-17)14(18)12-7-11(19-2)4-5-13(12)15/h4-5,7-9H,3,6,15H2,1-2H3. The lowest BCUT2D eigenvalue weighted by molar-refractivity contribution is 0.103. The second kappa shape index (κ2) is 5.56. The van der Waals surface area contributed by atoms with Gasteiger partial charge < -0.3 is 10.5 Å². The highest BCUT2D eigenvalue weighted by Crippen LogP contribution is 2.22. The first kappa shape index (κ1) is 13.1. The van der Waals surface area contributed by atoms with Crippen LogP contribution < -0.4 is 10.5 Å². The first-order valence-electron chi connectivity index (χ1n) is 6.16. The maximum atomic E-state index is 12.4. The molecule has 0 aliphatic carbocycles. The van der Waals surface area contributed by atoms with Crippen LogP contribution in [0.1, 0.15) is 29.3 Å². The van der Waals surface area contributed by atoms with Gasteiger partial charge in [0.1, 0.15) is 5.75 Å². The molecule has 2 aromatic rings. The summed E-state index contributed by atoms with van der Waals surface area (Å²) in [7, 11) is 1.55. The first-order chi connectivity index (χ1) is 9.15. The molecule has 1 heterocycles. The van der Waals surface area contributed by atoms with E-state index in [2.05, 4.69) is 12.0 Å². The maximum absolute atomic E-state index is 12.4. The SMILES string of the molecule is CCCn1cc(C(=O)c2cc(OC)ccc2N)cn1. The van der Waals surface area contributed by atoms with Crippen LogP contribution in [0, 0.1) is 0 Å². The van der Waals surface area contributed by atoms with E-state index in [4.69, 9.17) is 10.5 Å². The van der Waals surface area contributed by atoms with Crippen molar-refractivity contribution in [2.75, 3.05) is 12.8 Å². The molecule has 2 N–H and O–H groups in total. The van der Waals surface area contributed by atoms with Crippen molar-refractivity contribution < 1.29 is 9.53 Å². The number of aryl methyl sites for hydroxylation is 1. The Hall–Kier alpha value is -2.30. The van der Waals surface area contributed by atoms with Crippen LogP contribution in [0.25, 0.3) is 0 Å². The van der Waals surface area contributed by atoms with Crippen molar-refractivity contribution in [3.05, 3.63) is 41.7 Å². The third-order valence-corrected chi connectivity index (χ3v) is 2.85. The molecule has 0 atom stereocenters. The molecule has 2 rings (SSSR count). The monoisotopic (exact) mass is 259 g/mol. The third kappa shape index (κ3) is 2.76. The minimum Gasteiger partial charge on any atom is -0.497 e. The summed E-state index contributed by atoms with van der Waals surface area (Å²) in [4.78, 5) is 12.4. The Bertz CT molecular complexity index is 590. The number of rotatable bonds is 5. The highest BCUT2D eigenvalue weighted by atomic mass is 16.5. The van der Waals surface area contributed by atoms with Crippen LogP contribution in [-0.4, -0.2) is 22.7 Å².